The fourth-order valence-corrected chi connectivity index (χ4v) is 2.34. The van der Waals surface area contributed by atoms with Crippen molar-refractivity contribution in [2.45, 2.75) is 38.8 Å². The van der Waals surface area contributed by atoms with Gasteiger partial charge >= 0.3 is 5.97 Å². The number of carboxylic acids is 1. The van der Waals surface area contributed by atoms with Crippen molar-refractivity contribution in [2.75, 3.05) is 18.5 Å². The second-order valence-corrected chi connectivity index (χ2v) is 5.40. The van der Waals surface area contributed by atoms with E-state index in [9.17, 15) is 9.59 Å². The number of carbonyl (C=O) groups excluding carboxylic acids is 1. The lowest BCUT2D eigenvalue weighted by Crippen LogP contribution is -2.44. The molecule has 0 heterocycles. The summed E-state index contributed by atoms with van der Waals surface area (Å²) in [7, 11) is 0. The van der Waals surface area contributed by atoms with Gasteiger partial charge in [0.15, 0.2) is 0 Å². The summed E-state index contributed by atoms with van der Waals surface area (Å²) < 4.78 is 5.47. The maximum atomic E-state index is 12.2. The average Bonchev–Trinajstić information content (AvgIpc) is 3.31. The Labute approximate surface area is 130 Å². The molecule has 0 bridgehead atoms. The number of nitrogens with zero attached hydrogens (tertiary/aromatic N) is 1. The first-order chi connectivity index (χ1) is 10.5. The number of ether oxygens (including phenoxy) is 1. The molecule has 6 heteroatoms. The molecule has 0 aliphatic heterocycles. The second kappa shape index (κ2) is 7.26. The van der Waals surface area contributed by atoms with E-state index in [-0.39, 0.29) is 18.5 Å². The highest BCUT2D eigenvalue weighted by Crippen LogP contribution is 2.29. The molecule has 2 rings (SSSR count). The molecule has 22 heavy (non-hydrogen) atoms. The van der Waals surface area contributed by atoms with Crippen molar-refractivity contribution in [2.24, 2.45) is 0 Å². The van der Waals surface area contributed by atoms with Crippen LogP contribution in [0.25, 0.3) is 0 Å². The maximum Gasteiger partial charge on any atom is 0.320 e. The van der Waals surface area contributed by atoms with Crippen LogP contribution in [0.1, 0.15) is 26.7 Å². The number of carbonyl (C=O) groups is 2. The van der Waals surface area contributed by atoms with Crippen molar-refractivity contribution < 1.29 is 19.4 Å². The molecule has 0 spiro atoms. The van der Waals surface area contributed by atoms with Gasteiger partial charge in [0.1, 0.15) is 11.8 Å². The van der Waals surface area contributed by atoms with Crippen LogP contribution in [-0.4, -0.2) is 47.1 Å². The van der Waals surface area contributed by atoms with E-state index < -0.39 is 12.0 Å². The number of carboxylic acid groups (broad SMARTS) is 1. The zero-order valence-corrected chi connectivity index (χ0v) is 12.9. The molecule has 1 atom stereocenters. The first-order valence-electron chi connectivity index (χ1n) is 7.53. The van der Waals surface area contributed by atoms with E-state index in [1.165, 1.54) is 0 Å². The normalized spacial score (nSPS) is 15.4. The van der Waals surface area contributed by atoms with Crippen LogP contribution >= 0.6 is 0 Å². The number of nitrogens with one attached hydrogen (secondary N) is 1. The molecule has 1 aromatic carbocycles. The molecular formula is C16H22N2O4. The monoisotopic (exact) mass is 306 g/mol. The molecule has 120 valence electrons. The Balaban J connectivity index is 2.01. The van der Waals surface area contributed by atoms with Gasteiger partial charge in [-0.15, -0.1) is 0 Å². The van der Waals surface area contributed by atoms with E-state index in [0.29, 0.717) is 18.0 Å². The second-order valence-electron chi connectivity index (χ2n) is 5.40. The van der Waals surface area contributed by atoms with Crippen LogP contribution in [0.5, 0.6) is 5.75 Å². The van der Waals surface area contributed by atoms with Crippen molar-refractivity contribution >= 4 is 17.6 Å². The molecule has 0 radical (unpaired) electrons. The summed E-state index contributed by atoms with van der Waals surface area (Å²) in [5.74, 6) is -0.524. The molecule has 0 saturated heterocycles. The minimum atomic E-state index is -0.908. The van der Waals surface area contributed by atoms with Crippen LogP contribution in [0.4, 0.5) is 5.69 Å². The third kappa shape index (κ3) is 4.21. The van der Waals surface area contributed by atoms with Gasteiger partial charge in [-0.25, -0.2) is 0 Å². The van der Waals surface area contributed by atoms with Gasteiger partial charge in [0, 0.05) is 6.04 Å². The van der Waals surface area contributed by atoms with Crippen molar-refractivity contribution in [1.29, 1.82) is 0 Å². The molecule has 1 aromatic rings. The smallest absolute Gasteiger partial charge is 0.320 e. The quantitative estimate of drug-likeness (QED) is 0.767. The first-order valence-corrected chi connectivity index (χ1v) is 7.53. The predicted molar refractivity (Wildman–Crippen MR) is 83.1 cm³/mol. The van der Waals surface area contributed by atoms with Gasteiger partial charge in [0.05, 0.1) is 18.8 Å². The lowest BCUT2D eigenvalue weighted by Gasteiger charge is -2.25. The minimum Gasteiger partial charge on any atom is -0.492 e. The highest BCUT2D eigenvalue weighted by atomic mass is 16.5. The number of hydrogen-bond acceptors (Lipinski definition) is 4. The summed E-state index contributed by atoms with van der Waals surface area (Å²) in [5.41, 5.74) is 0.605. The van der Waals surface area contributed by atoms with Gasteiger partial charge in [-0.3, -0.25) is 14.5 Å². The minimum absolute atomic E-state index is 0.0680. The van der Waals surface area contributed by atoms with E-state index in [0.717, 1.165) is 12.8 Å². The summed E-state index contributed by atoms with van der Waals surface area (Å²) in [4.78, 5) is 25.1. The van der Waals surface area contributed by atoms with Crippen molar-refractivity contribution in [3.8, 4) is 5.75 Å². The Morgan fingerprint density at radius 2 is 2.09 bits per heavy atom. The molecule has 1 aliphatic carbocycles. The number of para-hydroxylation sites is 2. The van der Waals surface area contributed by atoms with Crippen LogP contribution in [0, 0.1) is 0 Å². The van der Waals surface area contributed by atoms with Gasteiger partial charge in [-0.2, -0.15) is 0 Å². The number of rotatable bonds is 8. The zero-order chi connectivity index (χ0) is 16.1. The number of amides is 1. The van der Waals surface area contributed by atoms with E-state index in [1.54, 1.807) is 24.0 Å². The van der Waals surface area contributed by atoms with E-state index in [4.69, 9.17) is 9.84 Å². The molecule has 1 saturated carbocycles. The Morgan fingerprint density at radius 3 is 2.68 bits per heavy atom. The molecule has 6 nitrogen and oxygen atoms in total. The Bertz CT molecular complexity index is 543. The average molecular weight is 306 g/mol. The van der Waals surface area contributed by atoms with Gasteiger partial charge in [-0.05, 0) is 38.8 Å². The third-order valence-electron chi connectivity index (χ3n) is 3.66. The summed E-state index contributed by atoms with van der Waals surface area (Å²) >= 11 is 0. The molecule has 1 amide bonds. The lowest BCUT2D eigenvalue weighted by atomic mass is 10.2. The molecule has 1 aliphatic rings. The van der Waals surface area contributed by atoms with Crippen molar-refractivity contribution in [3.63, 3.8) is 0 Å². The van der Waals surface area contributed by atoms with Gasteiger partial charge in [0.25, 0.3) is 0 Å². The predicted octanol–water partition coefficient (Wildman–Crippen LogP) is 1.96. The standard InChI is InChI=1S/C16H22N2O4/c1-3-22-14-7-5-4-6-13(14)17-15(19)10-18(12-8-9-12)11(2)16(20)21/h4-7,11-12H,3,8-10H2,1-2H3,(H,17,19)(H,20,21). The molecule has 1 fully saturated rings. The Morgan fingerprint density at radius 1 is 1.41 bits per heavy atom. The van der Waals surface area contributed by atoms with Crippen molar-refractivity contribution in [1.82, 2.24) is 4.90 Å². The summed E-state index contributed by atoms with van der Waals surface area (Å²) in [5, 5.41) is 12.0. The van der Waals surface area contributed by atoms with Crippen LogP contribution < -0.4 is 10.1 Å². The van der Waals surface area contributed by atoms with E-state index >= 15 is 0 Å². The molecule has 1 unspecified atom stereocenters. The van der Waals surface area contributed by atoms with Crippen molar-refractivity contribution in [3.05, 3.63) is 24.3 Å². The summed E-state index contributed by atoms with van der Waals surface area (Å²) in [6.45, 7) is 4.07. The van der Waals surface area contributed by atoms with Crippen LogP contribution in [-0.2, 0) is 9.59 Å². The SMILES string of the molecule is CCOc1ccccc1NC(=O)CN(C1CC1)C(C)C(=O)O. The number of anilines is 1. The molecule has 2 N–H and O–H groups in total. The largest absolute Gasteiger partial charge is 0.492 e. The fourth-order valence-electron chi connectivity index (χ4n) is 2.34. The Kier molecular flexibility index (Phi) is 5.38. The van der Waals surface area contributed by atoms with E-state index in [1.807, 2.05) is 19.1 Å². The van der Waals surface area contributed by atoms with Crippen LogP contribution in [0.3, 0.4) is 0 Å². The molecular weight excluding hydrogens is 284 g/mol. The highest BCUT2D eigenvalue weighted by molar-refractivity contribution is 5.94. The number of hydrogen-bond donors (Lipinski definition) is 2. The maximum absolute atomic E-state index is 12.2. The van der Waals surface area contributed by atoms with Gasteiger partial charge in [-0.1, -0.05) is 12.1 Å². The highest BCUT2D eigenvalue weighted by Gasteiger charge is 2.36. The summed E-state index contributed by atoms with van der Waals surface area (Å²) in [6, 6.07) is 6.74. The molecule has 0 aromatic heterocycles. The first kappa shape index (κ1) is 16.3. The number of aliphatic carboxylic acids is 1. The van der Waals surface area contributed by atoms with E-state index in [2.05, 4.69) is 5.32 Å². The Hall–Kier alpha value is -2.08. The van der Waals surface area contributed by atoms with Gasteiger partial charge in [0.2, 0.25) is 5.91 Å². The fraction of sp³-hybridized carbons (Fsp3) is 0.500. The third-order valence-corrected chi connectivity index (χ3v) is 3.66. The summed E-state index contributed by atoms with van der Waals surface area (Å²) in [6.07, 6.45) is 1.89. The topological polar surface area (TPSA) is 78.9 Å². The van der Waals surface area contributed by atoms with Crippen LogP contribution in [0.2, 0.25) is 0 Å². The lowest BCUT2D eigenvalue weighted by molar-refractivity contribution is -0.143. The van der Waals surface area contributed by atoms with Crippen LogP contribution in [0.15, 0.2) is 24.3 Å². The van der Waals surface area contributed by atoms with Gasteiger partial charge < -0.3 is 15.2 Å². The number of benzene rings is 1. The zero-order valence-electron chi connectivity index (χ0n) is 12.9.